The maximum absolute atomic E-state index is 10.6. The van der Waals surface area contributed by atoms with Crippen molar-refractivity contribution in [3.63, 3.8) is 0 Å². The fourth-order valence-corrected chi connectivity index (χ4v) is 0.784. The molecule has 52 valence electrons. The molecule has 1 nitrogen and oxygen atoms in total. The largest absolute Gasteiger partial charge is 1.00 e. The molecule has 0 saturated heterocycles. The topological polar surface area (TPSA) is 23.1 Å². The second-order valence-corrected chi connectivity index (χ2v) is 2.17. The third kappa shape index (κ3) is 3.93. The van der Waals surface area contributed by atoms with Gasteiger partial charge in [0.1, 0.15) is 0 Å². The standard InChI is InChI=1S/C9H10O.Li/c1-8(10)7-9-5-3-2-4-6-9;/h2-7,10H,1H3;/q;+1/p-1. The minimum Gasteiger partial charge on any atom is -0.876 e. The molecule has 1 aromatic carbocycles. The van der Waals surface area contributed by atoms with Gasteiger partial charge >= 0.3 is 18.9 Å². The first-order valence-electron chi connectivity index (χ1n) is 3.19. The van der Waals surface area contributed by atoms with E-state index in [2.05, 4.69) is 0 Å². The molecule has 0 radical (unpaired) electrons. The van der Waals surface area contributed by atoms with E-state index >= 15 is 0 Å². The summed E-state index contributed by atoms with van der Waals surface area (Å²) in [5.74, 6) is 0.0891. The summed E-state index contributed by atoms with van der Waals surface area (Å²) in [7, 11) is 0. The van der Waals surface area contributed by atoms with Gasteiger partial charge in [-0.25, -0.2) is 0 Å². The first-order chi connectivity index (χ1) is 4.79. The van der Waals surface area contributed by atoms with E-state index < -0.39 is 0 Å². The Morgan fingerprint density at radius 1 is 1.27 bits per heavy atom. The van der Waals surface area contributed by atoms with Gasteiger partial charge in [-0.15, -0.1) is 5.76 Å². The summed E-state index contributed by atoms with van der Waals surface area (Å²) in [5, 5.41) is 10.6. The average molecular weight is 140 g/mol. The van der Waals surface area contributed by atoms with Crippen LogP contribution in [0.4, 0.5) is 0 Å². The minimum atomic E-state index is 0. The zero-order valence-corrected chi connectivity index (χ0v) is 6.87. The van der Waals surface area contributed by atoms with Crippen LogP contribution >= 0.6 is 0 Å². The molecule has 0 aromatic heterocycles. The second kappa shape index (κ2) is 5.07. The maximum atomic E-state index is 10.6. The van der Waals surface area contributed by atoms with Crippen LogP contribution in [0.2, 0.25) is 0 Å². The summed E-state index contributed by atoms with van der Waals surface area (Å²) >= 11 is 0. The smallest absolute Gasteiger partial charge is 0.876 e. The maximum Gasteiger partial charge on any atom is 1.00 e. The first kappa shape index (κ1) is 10.4. The molecule has 0 amide bonds. The molecule has 1 aromatic rings. The van der Waals surface area contributed by atoms with Crippen LogP contribution in [-0.2, 0) is 0 Å². The predicted octanol–water partition coefficient (Wildman–Crippen LogP) is -1.59. The van der Waals surface area contributed by atoms with Crippen molar-refractivity contribution < 1.29 is 24.0 Å². The third-order valence-corrected chi connectivity index (χ3v) is 1.17. The van der Waals surface area contributed by atoms with E-state index in [0.29, 0.717) is 0 Å². The van der Waals surface area contributed by atoms with Gasteiger partial charge in [-0.3, -0.25) is 0 Å². The molecule has 11 heavy (non-hydrogen) atoms. The summed E-state index contributed by atoms with van der Waals surface area (Å²) in [6.45, 7) is 1.55. The van der Waals surface area contributed by atoms with Crippen molar-refractivity contribution in [2.24, 2.45) is 0 Å². The molecular weight excluding hydrogens is 131 g/mol. The molecule has 0 spiro atoms. The van der Waals surface area contributed by atoms with Gasteiger partial charge in [0.15, 0.2) is 0 Å². The van der Waals surface area contributed by atoms with Crippen LogP contribution in [-0.4, -0.2) is 0 Å². The van der Waals surface area contributed by atoms with Crippen molar-refractivity contribution in [1.29, 1.82) is 0 Å². The molecule has 0 atom stereocenters. The third-order valence-electron chi connectivity index (χ3n) is 1.17. The van der Waals surface area contributed by atoms with Crippen LogP contribution < -0.4 is 24.0 Å². The molecule has 2 heteroatoms. The van der Waals surface area contributed by atoms with E-state index in [1.807, 2.05) is 30.3 Å². The van der Waals surface area contributed by atoms with E-state index in [4.69, 9.17) is 0 Å². The van der Waals surface area contributed by atoms with Gasteiger partial charge < -0.3 is 5.11 Å². The number of hydrogen-bond acceptors (Lipinski definition) is 1. The molecule has 0 saturated carbocycles. The first-order valence-corrected chi connectivity index (χ1v) is 3.19. The molecule has 1 rings (SSSR count). The summed E-state index contributed by atoms with van der Waals surface area (Å²) in [6, 6.07) is 9.56. The van der Waals surface area contributed by atoms with Crippen molar-refractivity contribution in [1.82, 2.24) is 0 Å². The Morgan fingerprint density at radius 2 is 1.82 bits per heavy atom. The summed E-state index contributed by atoms with van der Waals surface area (Å²) in [4.78, 5) is 0. The molecule has 0 aliphatic heterocycles. The summed E-state index contributed by atoms with van der Waals surface area (Å²) in [5.41, 5.74) is 0.968. The van der Waals surface area contributed by atoms with Crippen LogP contribution in [0, 0.1) is 0 Å². The van der Waals surface area contributed by atoms with Crippen molar-refractivity contribution in [3.8, 4) is 0 Å². The van der Waals surface area contributed by atoms with E-state index in [-0.39, 0.29) is 24.6 Å². The Morgan fingerprint density at radius 3 is 2.27 bits per heavy atom. The molecular formula is C9H9LiO. The number of rotatable bonds is 1. The minimum absolute atomic E-state index is 0. The van der Waals surface area contributed by atoms with Crippen LogP contribution in [0.15, 0.2) is 36.1 Å². The SMILES string of the molecule is CC([O-])=Cc1ccccc1.[Li+]. The summed E-state index contributed by atoms with van der Waals surface area (Å²) in [6.07, 6.45) is 1.61. The van der Waals surface area contributed by atoms with Gasteiger partial charge in [-0.05, 0) is 5.56 Å². The number of hydrogen-bond donors (Lipinski definition) is 0. The van der Waals surface area contributed by atoms with E-state index in [9.17, 15) is 5.11 Å². The number of allylic oxidation sites excluding steroid dienone is 1. The average Bonchev–Trinajstić information content (AvgIpc) is 1.88. The van der Waals surface area contributed by atoms with Gasteiger partial charge in [-0.2, -0.15) is 0 Å². The molecule has 0 aliphatic rings. The van der Waals surface area contributed by atoms with Gasteiger partial charge in [0.05, 0.1) is 0 Å². The molecule has 0 unspecified atom stereocenters. The van der Waals surface area contributed by atoms with Crippen LogP contribution in [0.25, 0.3) is 6.08 Å². The fraction of sp³-hybridized carbons (Fsp3) is 0.111. The predicted molar refractivity (Wildman–Crippen MR) is 40.1 cm³/mol. The molecule has 0 bridgehead atoms. The molecule has 0 N–H and O–H groups in total. The van der Waals surface area contributed by atoms with Crippen LogP contribution in [0.1, 0.15) is 12.5 Å². The van der Waals surface area contributed by atoms with Gasteiger partial charge in [-0.1, -0.05) is 43.3 Å². The monoisotopic (exact) mass is 140 g/mol. The van der Waals surface area contributed by atoms with Crippen molar-refractivity contribution >= 4 is 6.08 Å². The normalized spacial score (nSPS) is 10.5. The molecule has 0 heterocycles. The Hall–Kier alpha value is -0.643. The molecule has 0 fully saturated rings. The fourth-order valence-electron chi connectivity index (χ4n) is 0.784. The Bertz CT molecular complexity index is 225. The van der Waals surface area contributed by atoms with Crippen LogP contribution in [0.5, 0.6) is 0 Å². The van der Waals surface area contributed by atoms with E-state index in [1.165, 1.54) is 0 Å². The van der Waals surface area contributed by atoms with E-state index in [0.717, 1.165) is 5.56 Å². The Kier molecular flexibility index (Phi) is 4.77. The Labute approximate surface area is 78.9 Å². The van der Waals surface area contributed by atoms with Gasteiger partial charge in [0.25, 0.3) is 0 Å². The second-order valence-electron chi connectivity index (χ2n) is 2.17. The van der Waals surface area contributed by atoms with Crippen LogP contribution in [0.3, 0.4) is 0 Å². The van der Waals surface area contributed by atoms with Crippen molar-refractivity contribution in [2.75, 3.05) is 0 Å². The van der Waals surface area contributed by atoms with E-state index in [1.54, 1.807) is 13.0 Å². The Balaban J connectivity index is 0.000001000. The van der Waals surface area contributed by atoms with Crippen molar-refractivity contribution in [3.05, 3.63) is 41.7 Å². The van der Waals surface area contributed by atoms with Crippen molar-refractivity contribution in [2.45, 2.75) is 6.92 Å². The summed E-state index contributed by atoms with van der Waals surface area (Å²) < 4.78 is 0. The molecule has 0 aliphatic carbocycles. The van der Waals surface area contributed by atoms with Gasteiger partial charge in [0, 0.05) is 0 Å². The van der Waals surface area contributed by atoms with Gasteiger partial charge in [0.2, 0.25) is 0 Å². The zero-order valence-electron chi connectivity index (χ0n) is 6.87. The quantitative estimate of drug-likeness (QED) is 0.341. The zero-order chi connectivity index (χ0) is 7.40. The number of benzene rings is 1.